The first kappa shape index (κ1) is 15.3. The quantitative estimate of drug-likeness (QED) is 0.903. The summed E-state index contributed by atoms with van der Waals surface area (Å²) >= 11 is 0. The van der Waals surface area contributed by atoms with Gasteiger partial charge in [-0.2, -0.15) is 5.26 Å². The fourth-order valence-electron chi connectivity index (χ4n) is 3.04. The Labute approximate surface area is 136 Å². The predicted octanol–water partition coefficient (Wildman–Crippen LogP) is 1.53. The van der Waals surface area contributed by atoms with E-state index in [1.54, 1.807) is 24.3 Å². The van der Waals surface area contributed by atoms with Crippen molar-refractivity contribution in [2.75, 3.05) is 11.9 Å². The molecule has 2 aromatic rings. The lowest BCUT2D eigenvalue weighted by Gasteiger charge is -2.30. The molecule has 0 saturated heterocycles. The summed E-state index contributed by atoms with van der Waals surface area (Å²) in [6.45, 7) is 3.83. The van der Waals surface area contributed by atoms with Crippen LogP contribution in [0.1, 0.15) is 23.6 Å². The summed E-state index contributed by atoms with van der Waals surface area (Å²) in [6.07, 6.45) is 1.01. The van der Waals surface area contributed by atoms with Crippen LogP contribution in [-0.2, 0) is 17.8 Å². The standard InChI is InChI=1S/C19H19N3O/c1-14(19(23)21-18-8-6-15(12-20)7-9-18)22-11-10-16-4-2-3-5-17(16)13-22/h2-9,14H,10-11,13H2,1H3,(H,21,23)/p+1/t14-/m1/s1. The Balaban J connectivity index is 1.65. The maximum Gasteiger partial charge on any atom is 0.282 e. The van der Waals surface area contributed by atoms with Crippen molar-refractivity contribution in [2.45, 2.75) is 25.9 Å². The van der Waals surface area contributed by atoms with Crippen molar-refractivity contribution >= 4 is 11.6 Å². The van der Waals surface area contributed by atoms with Gasteiger partial charge in [0.1, 0.15) is 6.54 Å². The highest BCUT2D eigenvalue weighted by Gasteiger charge is 2.28. The molecule has 4 nitrogen and oxygen atoms in total. The van der Waals surface area contributed by atoms with Gasteiger partial charge in [0.25, 0.3) is 5.91 Å². The Morgan fingerprint density at radius 1 is 1.17 bits per heavy atom. The molecule has 0 spiro atoms. The van der Waals surface area contributed by atoms with Crippen LogP contribution in [0.2, 0.25) is 0 Å². The lowest BCUT2D eigenvalue weighted by molar-refractivity contribution is -0.929. The van der Waals surface area contributed by atoms with E-state index < -0.39 is 0 Å². The number of nitrogens with one attached hydrogen (secondary N) is 2. The SMILES string of the molecule is C[C@H](C(=O)Nc1ccc(C#N)cc1)[NH+]1CCc2ccccc2C1. The zero-order chi connectivity index (χ0) is 16.2. The van der Waals surface area contributed by atoms with E-state index in [2.05, 4.69) is 35.7 Å². The van der Waals surface area contributed by atoms with Crippen molar-refractivity contribution in [3.05, 3.63) is 65.2 Å². The third-order valence-corrected chi connectivity index (χ3v) is 4.54. The Kier molecular flexibility index (Phi) is 4.40. The molecule has 1 heterocycles. The van der Waals surface area contributed by atoms with Crippen LogP contribution in [0.5, 0.6) is 0 Å². The maximum atomic E-state index is 12.5. The number of quaternary nitrogens is 1. The highest BCUT2D eigenvalue weighted by molar-refractivity contribution is 5.93. The zero-order valence-corrected chi connectivity index (χ0v) is 13.2. The maximum absolute atomic E-state index is 12.5. The summed E-state index contributed by atoms with van der Waals surface area (Å²) in [7, 11) is 0. The summed E-state index contributed by atoms with van der Waals surface area (Å²) in [6, 6.07) is 17.4. The number of amides is 1. The normalized spacial score (nSPS) is 17.7. The molecule has 0 saturated carbocycles. The number of carbonyl (C=O) groups is 1. The first-order valence-corrected chi connectivity index (χ1v) is 7.90. The van der Waals surface area contributed by atoms with E-state index >= 15 is 0 Å². The highest BCUT2D eigenvalue weighted by atomic mass is 16.2. The molecule has 1 aliphatic heterocycles. The average Bonchev–Trinajstić information content (AvgIpc) is 2.61. The minimum Gasteiger partial charge on any atom is -0.321 e. The van der Waals surface area contributed by atoms with Crippen molar-refractivity contribution in [3.63, 3.8) is 0 Å². The second kappa shape index (κ2) is 6.64. The number of hydrogen-bond donors (Lipinski definition) is 2. The van der Waals surface area contributed by atoms with Gasteiger partial charge < -0.3 is 10.2 Å². The van der Waals surface area contributed by atoms with Crippen molar-refractivity contribution < 1.29 is 9.69 Å². The minimum absolute atomic E-state index is 0.0177. The Bertz CT molecular complexity index is 746. The third kappa shape index (κ3) is 3.41. The van der Waals surface area contributed by atoms with Crippen LogP contribution in [0.4, 0.5) is 5.69 Å². The van der Waals surface area contributed by atoms with Crippen LogP contribution in [0.3, 0.4) is 0 Å². The zero-order valence-electron chi connectivity index (χ0n) is 13.2. The fourth-order valence-corrected chi connectivity index (χ4v) is 3.04. The van der Waals surface area contributed by atoms with Crippen molar-refractivity contribution in [3.8, 4) is 6.07 Å². The summed E-state index contributed by atoms with van der Waals surface area (Å²) in [5.74, 6) is 0.0177. The molecule has 0 radical (unpaired) electrons. The van der Waals surface area contributed by atoms with E-state index in [1.165, 1.54) is 16.0 Å². The Morgan fingerprint density at radius 3 is 2.57 bits per heavy atom. The number of nitrogens with zero attached hydrogens (tertiary/aromatic N) is 1. The molecule has 0 aliphatic carbocycles. The van der Waals surface area contributed by atoms with E-state index in [-0.39, 0.29) is 11.9 Å². The summed E-state index contributed by atoms with van der Waals surface area (Å²) in [4.78, 5) is 13.8. The molecule has 2 atom stereocenters. The van der Waals surface area contributed by atoms with Crippen LogP contribution < -0.4 is 10.2 Å². The highest BCUT2D eigenvalue weighted by Crippen LogP contribution is 2.12. The molecule has 4 heteroatoms. The fraction of sp³-hybridized carbons (Fsp3) is 0.263. The Morgan fingerprint density at radius 2 is 1.87 bits per heavy atom. The van der Waals surface area contributed by atoms with Gasteiger partial charge in [-0.3, -0.25) is 4.79 Å². The van der Waals surface area contributed by atoms with Crippen molar-refractivity contribution in [1.29, 1.82) is 5.26 Å². The van der Waals surface area contributed by atoms with E-state index in [0.717, 1.165) is 25.2 Å². The van der Waals surface area contributed by atoms with Gasteiger partial charge in [0.05, 0.1) is 18.2 Å². The molecule has 3 rings (SSSR count). The molecule has 0 fully saturated rings. The van der Waals surface area contributed by atoms with Crippen LogP contribution in [0.15, 0.2) is 48.5 Å². The molecule has 1 unspecified atom stereocenters. The van der Waals surface area contributed by atoms with Crippen LogP contribution in [0, 0.1) is 11.3 Å². The van der Waals surface area contributed by atoms with Gasteiger partial charge in [0.15, 0.2) is 6.04 Å². The molecule has 2 aromatic carbocycles. The Hall–Kier alpha value is -2.64. The van der Waals surface area contributed by atoms with E-state index in [4.69, 9.17) is 5.26 Å². The first-order valence-electron chi connectivity index (χ1n) is 7.90. The van der Waals surface area contributed by atoms with Gasteiger partial charge in [0, 0.05) is 17.7 Å². The third-order valence-electron chi connectivity index (χ3n) is 4.54. The molecule has 0 bridgehead atoms. The van der Waals surface area contributed by atoms with Crippen molar-refractivity contribution in [1.82, 2.24) is 0 Å². The van der Waals surface area contributed by atoms with E-state index in [0.29, 0.717) is 5.56 Å². The summed E-state index contributed by atoms with van der Waals surface area (Å²) < 4.78 is 0. The van der Waals surface area contributed by atoms with Gasteiger partial charge in [-0.05, 0) is 36.8 Å². The first-order chi connectivity index (χ1) is 11.2. The monoisotopic (exact) mass is 306 g/mol. The second-order valence-corrected chi connectivity index (χ2v) is 6.00. The number of anilines is 1. The van der Waals surface area contributed by atoms with E-state index in [9.17, 15) is 4.79 Å². The minimum atomic E-state index is -0.112. The molecule has 2 N–H and O–H groups in total. The molecular formula is C19H20N3O+. The number of fused-ring (bicyclic) bond motifs is 1. The summed E-state index contributed by atoms with van der Waals surface area (Å²) in [5.41, 5.74) is 4.06. The van der Waals surface area contributed by atoms with Crippen LogP contribution in [-0.4, -0.2) is 18.5 Å². The topological polar surface area (TPSA) is 57.3 Å². The molecule has 116 valence electrons. The number of benzene rings is 2. The number of rotatable bonds is 3. The van der Waals surface area contributed by atoms with Crippen LogP contribution >= 0.6 is 0 Å². The van der Waals surface area contributed by atoms with Gasteiger partial charge in [0.2, 0.25) is 0 Å². The lowest BCUT2D eigenvalue weighted by Crippen LogP contribution is -3.16. The largest absolute Gasteiger partial charge is 0.321 e. The molecular weight excluding hydrogens is 286 g/mol. The van der Waals surface area contributed by atoms with Gasteiger partial charge >= 0.3 is 0 Å². The summed E-state index contributed by atoms with van der Waals surface area (Å²) in [5, 5.41) is 11.8. The molecule has 23 heavy (non-hydrogen) atoms. The smallest absolute Gasteiger partial charge is 0.282 e. The second-order valence-electron chi connectivity index (χ2n) is 6.00. The molecule has 0 aromatic heterocycles. The van der Waals surface area contributed by atoms with Crippen molar-refractivity contribution in [2.24, 2.45) is 0 Å². The number of nitriles is 1. The van der Waals surface area contributed by atoms with Gasteiger partial charge in [-0.15, -0.1) is 0 Å². The van der Waals surface area contributed by atoms with Gasteiger partial charge in [-0.25, -0.2) is 0 Å². The number of hydrogen-bond acceptors (Lipinski definition) is 2. The predicted molar refractivity (Wildman–Crippen MR) is 88.9 cm³/mol. The van der Waals surface area contributed by atoms with Crippen LogP contribution in [0.25, 0.3) is 0 Å². The lowest BCUT2D eigenvalue weighted by atomic mass is 9.99. The molecule has 1 amide bonds. The molecule has 1 aliphatic rings. The van der Waals surface area contributed by atoms with E-state index in [1.807, 2.05) is 6.92 Å². The van der Waals surface area contributed by atoms with Gasteiger partial charge in [-0.1, -0.05) is 24.3 Å². The number of carbonyl (C=O) groups excluding carboxylic acids is 1. The average molecular weight is 306 g/mol.